The number of methoxy groups -OCH3 is 1. The highest BCUT2D eigenvalue weighted by atomic mass is 35.5. The Hall–Kier alpha value is -4.21. The van der Waals surface area contributed by atoms with Gasteiger partial charge in [-0.3, -0.25) is 24.0 Å². The van der Waals surface area contributed by atoms with Gasteiger partial charge in [0.25, 0.3) is 5.91 Å². The second-order valence-electron chi connectivity index (χ2n) is 11.2. The maximum atomic E-state index is 13.6. The van der Waals surface area contributed by atoms with Crippen LogP contribution in [-0.4, -0.2) is 91.4 Å². The second-order valence-corrected chi connectivity index (χ2v) is 12.9. The zero-order valence-electron chi connectivity index (χ0n) is 27.5. The minimum atomic E-state index is -2.01. The lowest BCUT2D eigenvalue weighted by Gasteiger charge is -2.48. The molecule has 0 saturated carbocycles. The molecule has 1 aliphatic rings. The van der Waals surface area contributed by atoms with E-state index in [0.717, 1.165) is 45.2 Å². The molecule has 1 aliphatic heterocycles. The van der Waals surface area contributed by atoms with Gasteiger partial charge in [0.1, 0.15) is 12.2 Å². The van der Waals surface area contributed by atoms with Crippen LogP contribution in [0.3, 0.4) is 0 Å². The Morgan fingerprint density at radius 2 is 1.59 bits per heavy atom. The van der Waals surface area contributed by atoms with Gasteiger partial charge >= 0.3 is 23.9 Å². The number of benzene rings is 2. The van der Waals surface area contributed by atoms with Crippen LogP contribution < -0.4 is 10.6 Å². The molecule has 2 aromatic carbocycles. The topological polar surface area (TPSA) is 173 Å². The molecule has 6 atom stereocenters. The maximum Gasteiger partial charge on any atom is 0.349 e. The van der Waals surface area contributed by atoms with Gasteiger partial charge in [0.2, 0.25) is 10.8 Å². The Morgan fingerprint density at radius 3 is 2.14 bits per heavy atom. The third kappa shape index (κ3) is 11.4. The van der Waals surface area contributed by atoms with Crippen molar-refractivity contribution in [1.82, 2.24) is 10.6 Å². The number of rotatable bonds is 14. The number of carbonyl (C=O) groups is 6. The van der Waals surface area contributed by atoms with Gasteiger partial charge in [0, 0.05) is 37.1 Å². The van der Waals surface area contributed by atoms with E-state index in [4.69, 9.17) is 35.3 Å². The van der Waals surface area contributed by atoms with E-state index in [0.29, 0.717) is 15.5 Å². The summed E-state index contributed by atoms with van der Waals surface area (Å²) in [6.07, 6.45) is -6.73. The molecule has 16 heteroatoms. The molecule has 0 unspecified atom stereocenters. The lowest BCUT2D eigenvalue weighted by Crippen LogP contribution is -2.68. The summed E-state index contributed by atoms with van der Waals surface area (Å²) in [6, 6.07) is 12.0. The Bertz CT molecular complexity index is 1510. The number of hydrogen-bond donors (Lipinski definition) is 2. The highest BCUT2D eigenvalue weighted by molar-refractivity contribution is 8.01. The van der Waals surface area contributed by atoms with Crippen LogP contribution in [0.1, 0.15) is 38.3 Å². The van der Waals surface area contributed by atoms with Crippen LogP contribution in [0.5, 0.6) is 0 Å². The molecule has 2 N–H and O–H groups in total. The third-order valence-electron chi connectivity index (χ3n) is 7.21. The van der Waals surface area contributed by atoms with Crippen molar-refractivity contribution < 1.29 is 56.8 Å². The van der Waals surface area contributed by atoms with Gasteiger partial charge in [0.05, 0.1) is 26.1 Å². The highest BCUT2D eigenvalue weighted by Gasteiger charge is 2.58. The standard InChI is InChI=1S/C33H38ClFN2O11S/c1-18-6-12-24(13-7-18)49-33(32(43)44-5)15-25(45-19(2)38)29(37-28(42)16-35)31(48-33)30(47-21(4)40)26(46-20(3)39)17-36-27(41)14-22-8-10-23(34)11-9-22/h6-13,25-26,29-31H,14-17H2,1-5H3,(H,36,41)(H,37,42)/t25-,26+,29+,30+,31+,33+/m0/s1. The van der Waals surface area contributed by atoms with E-state index in [1.807, 2.05) is 6.92 Å². The number of hydrogen-bond acceptors (Lipinski definition) is 12. The molecule has 266 valence electrons. The van der Waals surface area contributed by atoms with Crippen LogP contribution in [-0.2, 0) is 58.9 Å². The minimum Gasteiger partial charge on any atom is -0.466 e. The number of aryl methyl sites for hydroxylation is 1. The molecule has 1 saturated heterocycles. The summed E-state index contributed by atoms with van der Waals surface area (Å²) in [5.41, 5.74) is 1.54. The van der Waals surface area contributed by atoms with Crippen molar-refractivity contribution in [2.75, 3.05) is 20.3 Å². The summed E-state index contributed by atoms with van der Waals surface area (Å²) >= 11 is 6.83. The van der Waals surface area contributed by atoms with Crippen molar-refractivity contribution >= 4 is 59.1 Å². The number of esters is 4. The van der Waals surface area contributed by atoms with Gasteiger partial charge in [-0.25, -0.2) is 9.18 Å². The molecule has 1 fully saturated rings. The molecule has 0 radical (unpaired) electrons. The first-order valence-corrected chi connectivity index (χ1v) is 16.3. The zero-order chi connectivity index (χ0) is 36.3. The molecule has 0 bridgehead atoms. The number of thioether (sulfide) groups is 1. The van der Waals surface area contributed by atoms with Crippen LogP contribution in [0.2, 0.25) is 5.02 Å². The number of carbonyl (C=O) groups excluding carboxylic acids is 6. The van der Waals surface area contributed by atoms with Crippen LogP contribution in [0.25, 0.3) is 0 Å². The van der Waals surface area contributed by atoms with E-state index in [9.17, 15) is 33.2 Å². The Morgan fingerprint density at radius 1 is 0.959 bits per heavy atom. The predicted molar refractivity (Wildman–Crippen MR) is 174 cm³/mol. The first-order chi connectivity index (χ1) is 23.2. The van der Waals surface area contributed by atoms with Crippen LogP contribution in [0.4, 0.5) is 4.39 Å². The molecule has 13 nitrogen and oxygen atoms in total. The Labute approximate surface area is 291 Å². The molecule has 3 rings (SSSR count). The average molecular weight is 725 g/mol. The highest BCUT2D eigenvalue weighted by Crippen LogP contribution is 2.46. The second kappa shape index (κ2) is 18.0. The van der Waals surface area contributed by atoms with Gasteiger partial charge in [-0.15, -0.1) is 0 Å². The van der Waals surface area contributed by atoms with E-state index < -0.39 is 90.7 Å². The van der Waals surface area contributed by atoms with Crippen LogP contribution in [0, 0.1) is 6.92 Å². The van der Waals surface area contributed by atoms with Gasteiger partial charge < -0.3 is 34.3 Å². The van der Waals surface area contributed by atoms with Gasteiger partial charge in [-0.2, -0.15) is 0 Å². The van der Waals surface area contributed by atoms with E-state index in [-0.39, 0.29) is 6.42 Å². The quantitative estimate of drug-likeness (QED) is 0.216. The van der Waals surface area contributed by atoms with E-state index in [1.165, 1.54) is 0 Å². The fraction of sp³-hybridized carbons (Fsp3) is 0.455. The van der Waals surface area contributed by atoms with Crippen LogP contribution >= 0.6 is 23.4 Å². The number of halogens is 2. The zero-order valence-corrected chi connectivity index (χ0v) is 29.1. The van der Waals surface area contributed by atoms with Crippen molar-refractivity contribution in [1.29, 1.82) is 0 Å². The van der Waals surface area contributed by atoms with Crippen molar-refractivity contribution in [3.63, 3.8) is 0 Å². The first-order valence-electron chi connectivity index (χ1n) is 15.1. The largest absolute Gasteiger partial charge is 0.466 e. The van der Waals surface area contributed by atoms with Gasteiger partial charge in [-0.1, -0.05) is 53.2 Å². The number of amides is 2. The fourth-order valence-electron chi connectivity index (χ4n) is 5.18. The predicted octanol–water partition coefficient (Wildman–Crippen LogP) is 3.01. The average Bonchev–Trinajstić information content (AvgIpc) is 3.04. The fourth-order valence-corrected chi connectivity index (χ4v) is 6.54. The first kappa shape index (κ1) is 39.2. The lowest BCUT2D eigenvalue weighted by molar-refractivity contribution is -0.220. The lowest BCUT2D eigenvalue weighted by atomic mass is 9.89. The monoisotopic (exact) mass is 724 g/mol. The smallest absolute Gasteiger partial charge is 0.349 e. The summed E-state index contributed by atoms with van der Waals surface area (Å²) in [5, 5.41) is 5.50. The number of nitrogens with one attached hydrogen (secondary N) is 2. The van der Waals surface area contributed by atoms with Crippen molar-refractivity contribution in [3.05, 3.63) is 64.7 Å². The van der Waals surface area contributed by atoms with Gasteiger partial charge in [-0.05, 0) is 36.8 Å². The summed E-state index contributed by atoms with van der Waals surface area (Å²) in [5.74, 6) is -5.16. The van der Waals surface area contributed by atoms with Crippen molar-refractivity contribution in [2.24, 2.45) is 0 Å². The molecular formula is C33H38ClFN2O11S. The molecule has 0 spiro atoms. The summed E-state index contributed by atoms with van der Waals surface area (Å²) in [7, 11) is 1.11. The molecular weight excluding hydrogens is 687 g/mol. The molecule has 0 aromatic heterocycles. The third-order valence-corrected chi connectivity index (χ3v) is 8.72. The summed E-state index contributed by atoms with van der Waals surface area (Å²) < 4.78 is 41.9. The molecule has 0 aliphatic carbocycles. The maximum absolute atomic E-state index is 13.6. The summed E-state index contributed by atoms with van der Waals surface area (Å²) in [6.45, 7) is 3.15. The van der Waals surface area contributed by atoms with Crippen molar-refractivity contribution in [2.45, 2.75) is 80.8 Å². The Balaban J connectivity index is 2.13. The summed E-state index contributed by atoms with van der Waals surface area (Å²) in [4.78, 5) is 74.9. The SMILES string of the molecule is COC(=O)[C@]1(Sc2ccc(C)cc2)C[C@H](OC(C)=O)[C@@H](NC(=O)CF)[C@H]([C@H](OC(C)=O)[C@@H](CNC(=O)Cc2ccc(Cl)cc2)OC(C)=O)O1. The van der Waals surface area contributed by atoms with Crippen LogP contribution in [0.15, 0.2) is 53.4 Å². The molecule has 49 heavy (non-hydrogen) atoms. The molecule has 1 heterocycles. The molecule has 2 aromatic rings. The number of ether oxygens (including phenoxy) is 5. The van der Waals surface area contributed by atoms with Gasteiger partial charge in [0.15, 0.2) is 18.9 Å². The normalized spacial score (nSPS) is 21.3. The van der Waals surface area contributed by atoms with Crippen molar-refractivity contribution in [3.8, 4) is 0 Å². The Kier molecular flexibility index (Phi) is 14.4. The molecule has 2 amide bonds. The van der Waals surface area contributed by atoms with E-state index in [1.54, 1.807) is 48.5 Å². The van der Waals surface area contributed by atoms with E-state index >= 15 is 0 Å². The number of alkyl halides is 1. The van der Waals surface area contributed by atoms with E-state index in [2.05, 4.69) is 10.6 Å². The minimum absolute atomic E-state index is 0.0928.